The Labute approximate surface area is 95.7 Å². The highest BCUT2D eigenvalue weighted by molar-refractivity contribution is 5.22. The fraction of sp³-hybridized carbons (Fsp3) is 0.462. The van der Waals surface area contributed by atoms with E-state index in [1.807, 2.05) is 12.1 Å². The maximum atomic E-state index is 11.3. The van der Waals surface area contributed by atoms with Crippen LogP contribution < -0.4 is 5.43 Å². The second-order valence-corrected chi connectivity index (χ2v) is 3.98. The Morgan fingerprint density at radius 1 is 1.25 bits per heavy atom. The summed E-state index contributed by atoms with van der Waals surface area (Å²) >= 11 is 0. The predicted octanol–water partition coefficient (Wildman–Crippen LogP) is 1.68. The van der Waals surface area contributed by atoms with E-state index in [4.69, 9.17) is 5.11 Å². The molecule has 2 rings (SSSR count). The molecule has 0 radical (unpaired) electrons. The Hall–Kier alpha value is -1.19. The van der Waals surface area contributed by atoms with Gasteiger partial charge < -0.3 is 9.84 Å². The molecule has 0 spiro atoms. The van der Waals surface area contributed by atoms with Gasteiger partial charge in [0.05, 0.1) is 19.8 Å². The van der Waals surface area contributed by atoms with Gasteiger partial charge in [0.25, 0.3) is 0 Å². The fourth-order valence-corrected chi connectivity index (χ4v) is 1.13. The summed E-state index contributed by atoms with van der Waals surface area (Å²) in [6.45, 7) is 5.95. The number of aliphatic hydroxyl groups is 1. The van der Waals surface area contributed by atoms with E-state index in [2.05, 4.69) is 18.6 Å². The average Bonchev–Trinajstić information content (AvgIpc) is 3.07. The number of rotatable bonds is 2. The summed E-state index contributed by atoms with van der Waals surface area (Å²) in [5.74, 6) is 0.401. The molecule has 0 aromatic heterocycles. The van der Waals surface area contributed by atoms with E-state index in [9.17, 15) is 4.79 Å². The van der Waals surface area contributed by atoms with Gasteiger partial charge in [0.1, 0.15) is 0 Å². The molecule has 0 bridgehead atoms. The highest BCUT2D eigenvalue weighted by Gasteiger charge is 1.99. The molecule has 1 aliphatic heterocycles. The van der Waals surface area contributed by atoms with Crippen molar-refractivity contribution in [3.63, 3.8) is 0 Å². The molecule has 1 aromatic rings. The largest absolute Gasteiger partial charge is 0.392 e. The van der Waals surface area contributed by atoms with Crippen molar-refractivity contribution in [3.05, 3.63) is 45.6 Å². The molecule has 0 aliphatic carbocycles. The summed E-state index contributed by atoms with van der Waals surface area (Å²) in [4.78, 5) is 11.3. The van der Waals surface area contributed by atoms with Crippen LogP contribution in [0.5, 0.6) is 0 Å². The highest BCUT2D eigenvalue weighted by Crippen LogP contribution is 2.11. The topological polar surface area (TPSA) is 49.8 Å². The van der Waals surface area contributed by atoms with Crippen LogP contribution in [0.1, 0.15) is 30.9 Å². The third-order valence-electron chi connectivity index (χ3n) is 2.26. The Morgan fingerprint density at radius 2 is 1.81 bits per heavy atom. The second kappa shape index (κ2) is 6.40. The van der Waals surface area contributed by atoms with E-state index in [1.165, 1.54) is 6.07 Å². The van der Waals surface area contributed by atoms with Crippen LogP contribution in [0, 0.1) is 0 Å². The van der Waals surface area contributed by atoms with Crippen LogP contribution in [0.25, 0.3) is 0 Å². The quantitative estimate of drug-likeness (QED) is 0.774. The molecule has 1 aromatic carbocycles. The van der Waals surface area contributed by atoms with Gasteiger partial charge in [-0.1, -0.05) is 32.0 Å². The minimum atomic E-state index is -0.189. The Morgan fingerprint density at radius 3 is 2.25 bits per heavy atom. The van der Waals surface area contributed by atoms with Crippen molar-refractivity contribution in [3.8, 4) is 0 Å². The first-order valence-electron chi connectivity index (χ1n) is 5.47. The molecular formula is C13H18O3. The molecule has 88 valence electrons. The predicted molar refractivity (Wildman–Crippen MR) is 63.5 cm³/mol. The number of hydrogen-bond acceptors (Lipinski definition) is 3. The summed E-state index contributed by atoms with van der Waals surface area (Å²) in [6.07, 6.45) is 0. The first-order valence-corrected chi connectivity index (χ1v) is 5.47. The first kappa shape index (κ1) is 12.9. The third kappa shape index (κ3) is 4.55. The normalized spacial score (nSPS) is 13.0. The standard InChI is InChI=1S/C11H14O2.C2H4O/c1-8(2)9-3-4-10(7-12)11(13)6-5-9;1-2-3-1/h3-6,8,12H,7H2,1-2H3;1-2H2. The second-order valence-electron chi connectivity index (χ2n) is 3.98. The highest BCUT2D eigenvalue weighted by atomic mass is 16.6. The van der Waals surface area contributed by atoms with Crippen molar-refractivity contribution < 1.29 is 9.84 Å². The minimum absolute atomic E-state index is 0.102. The van der Waals surface area contributed by atoms with Crippen molar-refractivity contribution >= 4 is 0 Å². The van der Waals surface area contributed by atoms with Crippen LogP contribution in [-0.2, 0) is 11.3 Å². The van der Waals surface area contributed by atoms with Gasteiger partial charge in [0.2, 0.25) is 0 Å². The van der Waals surface area contributed by atoms with Crippen LogP contribution in [0.3, 0.4) is 0 Å². The molecule has 3 heteroatoms. The van der Waals surface area contributed by atoms with Crippen LogP contribution in [-0.4, -0.2) is 18.3 Å². The van der Waals surface area contributed by atoms with E-state index in [0.29, 0.717) is 11.5 Å². The van der Waals surface area contributed by atoms with Gasteiger partial charge in [-0.2, -0.15) is 0 Å². The van der Waals surface area contributed by atoms with Crippen LogP contribution in [0.2, 0.25) is 0 Å². The summed E-state index contributed by atoms with van der Waals surface area (Å²) in [6, 6.07) is 6.91. The zero-order chi connectivity index (χ0) is 12.0. The number of ether oxygens (including phenoxy) is 1. The SMILES string of the molecule is C1CO1.CC(C)c1ccc(CO)c(=O)cc1. The van der Waals surface area contributed by atoms with Gasteiger partial charge in [0.15, 0.2) is 5.43 Å². The summed E-state index contributed by atoms with van der Waals surface area (Å²) < 4.78 is 4.50. The molecule has 0 atom stereocenters. The first-order chi connectivity index (χ1) is 7.65. The van der Waals surface area contributed by atoms with E-state index >= 15 is 0 Å². The summed E-state index contributed by atoms with van der Waals surface area (Å²) in [5.41, 5.74) is 1.46. The van der Waals surface area contributed by atoms with E-state index < -0.39 is 0 Å². The van der Waals surface area contributed by atoms with Crippen molar-refractivity contribution in [1.29, 1.82) is 0 Å². The molecule has 3 nitrogen and oxygen atoms in total. The Balaban J connectivity index is 0.000000365. The molecular weight excluding hydrogens is 204 g/mol. The molecule has 0 amide bonds. The van der Waals surface area contributed by atoms with Crippen molar-refractivity contribution in [1.82, 2.24) is 0 Å². The van der Waals surface area contributed by atoms with Crippen molar-refractivity contribution in [2.45, 2.75) is 26.4 Å². The lowest BCUT2D eigenvalue weighted by Gasteiger charge is -1.99. The van der Waals surface area contributed by atoms with Gasteiger partial charge in [-0.15, -0.1) is 0 Å². The molecule has 1 saturated heterocycles. The number of hydrogen-bond donors (Lipinski definition) is 1. The Kier molecular flexibility index (Phi) is 5.15. The van der Waals surface area contributed by atoms with Gasteiger partial charge >= 0.3 is 0 Å². The Bertz CT molecular complexity index is 381. The number of epoxide rings is 1. The van der Waals surface area contributed by atoms with Crippen LogP contribution in [0.4, 0.5) is 0 Å². The van der Waals surface area contributed by atoms with Gasteiger partial charge in [-0.05, 0) is 17.5 Å². The molecule has 16 heavy (non-hydrogen) atoms. The molecule has 1 N–H and O–H groups in total. The van der Waals surface area contributed by atoms with Crippen molar-refractivity contribution in [2.24, 2.45) is 0 Å². The monoisotopic (exact) mass is 222 g/mol. The van der Waals surface area contributed by atoms with E-state index in [1.54, 1.807) is 6.07 Å². The molecule has 0 unspecified atom stereocenters. The van der Waals surface area contributed by atoms with E-state index in [0.717, 1.165) is 18.8 Å². The smallest absolute Gasteiger partial charge is 0.184 e. The molecule has 1 aliphatic rings. The zero-order valence-electron chi connectivity index (χ0n) is 9.77. The summed E-state index contributed by atoms with van der Waals surface area (Å²) in [5, 5.41) is 8.86. The summed E-state index contributed by atoms with van der Waals surface area (Å²) in [7, 11) is 0. The van der Waals surface area contributed by atoms with Crippen LogP contribution in [0.15, 0.2) is 29.1 Å². The average molecular weight is 222 g/mol. The third-order valence-corrected chi connectivity index (χ3v) is 2.26. The van der Waals surface area contributed by atoms with Gasteiger partial charge in [-0.25, -0.2) is 0 Å². The minimum Gasteiger partial charge on any atom is -0.392 e. The lowest BCUT2D eigenvalue weighted by molar-refractivity contribution is 0.281. The maximum absolute atomic E-state index is 11.3. The fourth-order valence-electron chi connectivity index (χ4n) is 1.13. The lowest BCUT2D eigenvalue weighted by atomic mass is 10.1. The van der Waals surface area contributed by atoms with Crippen molar-refractivity contribution in [2.75, 3.05) is 13.2 Å². The van der Waals surface area contributed by atoms with Crippen LogP contribution >= 0.6 is 0 Å². The number of aliphatic hydroxyl groups excluding tert-OH is 1. The maximum Gasteiger partial charge on any atom is 0.184 e. The zero-order valence-corrected chi connectivity index (χ0v) is 9.77. The molecule has 0 saturated carbocycles. The van der Waals surface area contributed by atoms with E-state index in [-0.39, 0.29) is 12.0 Å². The van der Waals surface area contributed by atoms with Gasteiger partial charge in [-0.3, -0.25) is 4.79 Å². The molecule has 1 heterocycles. The lowest BCUT2D eigenvalue weighted by Crippen LogP contribution is -2.02. The molecule has 1 fully saturated rings. The van der Waals surface area contributed by atoms with Gasteiger partial charge in [0, 0.05) is 5.56 Å².